The Morgan fingerprint density at radius 1 is 1.35 bits per heavy atom. The van der Waals surface area contributed by atoms with Crippen molar-refractivity contribution in [3.63, 3.8) is 0 Å². The number of pyridine rings is 1. The highest BCUT2D eigenvalue weighted by Crippen LogP contribution is 2.40. The highest BCUT2D eigenvalue weighted by atomic mass is 16.3. The number of aromatic nitrogens is 4. The molecule has 1 fully saturated rings. The van der Waals surface area contributed by atoms with Crippen molar-refractivity contribution >= 4 is 5.91 Å². The molecule has 3 heterocycles. The lowest BCUT2D eigenvalue weighted by Gasteiger charge is -2.36. The minimum Gasteiger partial charge on any atom is -0.392 e. The molecule has 138 valence electrons. The highest BCUT2D eigenvalue weighted by Gasteiger charge is 2.37. The lowest BCUT2D eigenvalue weighted by molar-refractivity contribution is 0.0572. The van der Waals surface area contributed by atoms with Crippen molar-refractivity contribution in [2.75, 3.05) is 6.54 Å². The number of carbonyl (C=O) groups is 1. The third-order valence-electron chi connectivity index (χ3n) is 5.07. The van der Waals surface area contributed by atoms with E-state index >= 15 is 0 Å². The van der Waals surface area contributed by atoms with Gasteiger partial charge in [-0.25, -0.2) is 9.67 Å². The molecular formula is C19H25N5O2. The van der Waals surface area contributed by atoms with Crippen LogP contribution < -0.4 is 0 Å². The van der Waals surface area contributed by atoms with E-state index in [-0.39, 0.29) is 18.6 Å². The van der Waals surface area contributed by atoms with E-state index in [9.17, 15) is 9.90 Å². The molecule has 1 amide bonds. The third-order valence-corrected chi connectivity index (χ3v) is 5.07. The second-order valence-electron chi connectivity index (χ2n) is 7.68. The smallest absolute Gasteiger partial charge is 0.273 e. The predicted molar refractivity (Wildman–Crippen MR) is 95.4 cm³/mol. The molecule has 7 nitrogen and oxygen atoms in total. The van der Waals surface area contributed by atoms with Crippen molar-refractivity contribution in [3.05, 3.63) is 41.2 Å². The molecule has 0 unspecified atom stereocenters. The maximum atomic E-state index is 13.1. The summed E-state index contributed by atoms with van der Waals surface area (Å²) >= 11 is 0. The number of carbonyl (C=O) groups excluding carboxylic acids is 1. The molecule has 0 spiro atoms. The molecule has 0 aromatic carbocycles. The number of nitrogens with zero attached hydrogens (tertiary/aromatic N) is 5. The second-order valence-corrected chi connectivity index (χ2v) is 7.68. The minimum atomic E-state index is -0.104. The normalized spacial score (nSPS) is 19.7. The zero-order valence-corrected chi connectivity index (χ0v) is 15.3. The van der Waals surface area contributed by atoms with Crippen molar-refractivity contribution in [2.45, 2.75) is 58.2 Å². The summed E-state index contributed by atoms with van der Waals surface area (Å²) < 4.78 is 1.99. The number of aliphatic hydroxyl groups excluding tert-OH is 1. The van der Waals surface area contributed by atoms with E-state index < -0.39 is 0 Å². The molecule has 26 heavy (non-hydrogen) atoms. The first kappa shape index (κ1) is 17.1. The van der Waals surface area contributed by atoms with E-state index in [0.717, 1.165) is 18.1 Å². The van der Waals surface area contributed by atoms with Crippen LogP contribution in [-0.4, -0.2) is 42.2 Å². The fraction of sp³-hybridized carbons (Fsp3) is 0.579. The molecule has 2 aromatic rings. The van der Waals surface area contributed by atoms with Gasteiger partial charge in [-0.05, 0) is 42.9 Å². The van der Waals surface area contributed by atoms with Gasteiger partial charge < -0.3 is 10.0 Å². The molecule has 0 radical (unpaired) electrons. The van der Waals surface area contributed by atoms with Gasteiger partial charge in [-0.1, -0.05) is 13.8 Å². The first-order valence-corrected chi connectivity index (χ1v) is 9.38. The Balaban J connectivity index is 1.66. The Morgan fingerprint density at radius 2 is 2.15 bits per heavy atom. The van der Waals surface area contributed by atoms with E-state index in [1.54, 1.807) is 18.3 Å². The average molecular weight is 355 g/mol. The second kappa shape index (κ2) is 6.79. The quantitative estimate of drug-likeness (QED) is 0.889. The van der Waals surface area contributed by atoms with Gasteiger partial charge in [0.1, 0.15) is 11.5 Å². The topological polar surface area (TPSA) is 84.1 Å². The number of rotatable bonds is 5. The van der Waals surface area contributed by atoms with Crippen LogP contribution in [0.25, 0.3) is 0 Å². The van der Waals surface area contributed by atoms with Gasteiger partial charge in [-0.15, -0.1) is 0 Å². The summed E-state index contributed by atoms with van der Waals surface area (Å²) in [7, 11) is 0. The monoisotopic (exact) mass is 355 g/mol. The number of fused-ring (bicyclic) bond motifs is 1. The third kappa shape index (κ3) is 3.23. The summed E-state index contributed by atoms with van der Waals surface area (Å²) in [6.07, 6.45) is 4.75. The average Bonchev–Trinajstić information content (AvgIpc) is 3.40. The van der Waals surface area contributed by atoms with Crippen LogP contribution in [0.5, 0.6) is 0 Å². The lowest BCUT2D eigenvalue weighted by Crippen LogP contribution is -2.43. The molecule has 4 rings (SSSR count). The van der Waals surface area contributed by atoms with E-state index in [0.29, 0.717) is 36.2 Å². The summed E-state index contributed by atoms with van der Waals surface area (Å²) in [6, 6.07) is 3.30. The van der Waals surface area contributed by atoms with E-state index in [2.05, 4.69) is 23.9 Å². The van der Waals surface area contributed by atoms with Gasteiger partial charge in [0.25, 0.3) is 5.91 Å². The van der Waals surface area contributed by atoms with Crippen molar-refractivity contribution in [1.82, 2.24) is 24.6 Å². The number of aliphatic hydroxyl groups is 1. The summed E-state index contributed by atoms with van der Waals surface area (Å²) in [5.74, 6) is 2.66. The summed E-state index contributed by atoms with van der Waals surface area (Å²) in [5.41, 5.74) is 1.07. The van der Waals surface area contributed by atoms with Gasteiger partial charge in [0, 0.05) is 18.7 Å². The molecule has 1 N–H and O–H groups in total. The predicted octanol–water partition coefficient (Wildman–Crippen LogP) is 2.29. The molecule has 1 atom stereocenters. The standard InChI is InChI=1S/C19H25N5O2/c1-12(2)9-16-18-21-17(14-3-4-14)22-24(18)8-7-23(16)19(26)15-10-13(11-25)5-6-20-15/h5-6,10,12,14,16,25H,3-4,7-9,11H2,1-2H3/t16-/m0/s1. The fourth-order valence-corrected chi connectivity index (χ4v) is 3.55. The van der Waals surface area contributed by atoms with Crippen LogP contribution in [0.4, 0.5) is 0 Å². The first-order valence-electron chi connectivity index (χ1n) is 9.38. The molecule has 7 heteroatoms. The largest absolute Gasteiger partial charge is 0.392 e. The number of hydrogen-bond acceptors (Lipinski definition) is 5. The Morgan fingerprint density at radius 3 is 2.85 bits per heavy atom. The van der Waals surface area contributed by atoms with Gasteiger partial charge in [0.05, 0.1) is 19.2 Å². The molecule has 2 aromatic heterocycles. The van der Waals surface area contributed by atoms with Crippen molar-refractivity contribution in [1.29, 1.82) is 0 Å². The maximum Gasteiger partial charge on any atom is 0.273 e. The van der Waals surface area contributed by atoms with Crippen LogP contribution in [0.15, 0.2) is 18.3 Å². The van der Waals surface area contributed by atoms with Crippen LogP contribution in [0, 0.1) is 5.92 Å². The van der Waals surface area contributed by atoms with E-state index in [1.165, 1.54) is 12.8 Å². The molecule has 1 aliphatic carbocycles. The molecule has 0 saturated heterocycles. The number of amides is 1. The Bertz CT molecular complexity index is 812. The van der Waals surface area contributed by atoms with Crippen LogP contribution in [0.3, 0.4) is 0 Å². The summed E-state index contributed by atoms with van der Waals surface area (Å²) in [6.45, 7) is 5.48. The Labute approximate surface area is 153 Å². The van der Waals surface area contributed by atoms with Gasteiger partial charge in [0.2, 0.25) is 0 Å². The van der Waals surface area contributed by atoms with E-state index in [4.69, 9.17) is 4.98 Å². The Kier molecular flexibility index (Phi) is 4.48. The maximum absolute atomic E-state index is 13.1. The summed E-state index contributed by atoms with van der Waals surface area (Å²) in [4.78, 5) is 24.1. The van der Waals surface area contributed by atoms with E-state index in [1.807, 2.05) is 9.58 Å². The number of hydrogen-bond donors (Lipinski definition) is 1. The van der Waals surface area contributed by atoms with Gasteiger partial charge >= 0.3 is 0 Å². The molecular weight excluding hydrogens is 330 g/mol. The molecule has 2 aliphatic rings. The van der Waals surface area contributed by atoms with Crippen molar-refractivity contribution in [3.8, 4) is 0 Å². The van der Waals surface area contributed by atoms with Crippen LogP contribution in [0.2, 0.25) is 0 Å². The fourth-order valence-electron chi connectivity index (χ4n) is 3.55. The van der Waals surface area contributed by atoms with Gasteiger partial charge in [-0.3, -0.25) is 9.78 Å². The van der Waals surface area contributed by atoms with Gasteiger partial charge in [0.15, 0.2) is 5.82 Å². The van der Waals surface area contributed by atoms with Crippen LogP contribution >= 0.6 is 0 Å². The van der Waals surface area contributed by atoms with Gasteiger partial charge in [-0.2, -0.15) is 5.10 Å². The molecule has 0 bridgehead atoms. The first-order chi connectivity index (χ1) is 12.6. The van der Waals surface area contributed by atoms with Crippen molar-refractivity contribution in [2.24, 2.45) is 5.92 Å². The molecule has 1 saturated carbocycles. The highest BCUT2D eigenvalue weighted by molar-refractivity contribution is 5.92. The zero-order valence-electron chi connectivity index (χ0n) is 15.3. The lowest BCUT2D eigenvalue weighted by atomic mass is 9.99. The molecule has 1 aliphatic heterocycles. The zero-order chi connectivity index (χ0) is 18.3. The SMILES string of the molecule is CC(C)C[C@H]1c2nc(C3CC3)nn2CCN1C(=O)c1cc(CO)ccn1. The Hall–Kier alpha value is -2.28. The van der Waals surface area contributed by atoms with Crippen LogP contribution in [0.1, 0.15) is 72.8 Å². The van der Waals surface area contributed by atoms with Crippen LogP contribution in [-0.2, 0) is 13.2 Å². The van der Waals surface area contributed by atoms with Crippen molar-refractivity contribution < 1.29 is 9.90 Å². The summed E-state index contributed by atoms with van der Waals surface area (Å²) in [5, 5.41) is 14.0. The minimum absolute atomic E-state index is 0.0872.